The van der Waals surface area contributed by atoms with Crippen molar-refractivity contribution in [2.24, 2.45) is 0 Å². The Hall–Kier alpha value is -2.82. The van der Waals surface area contributed by atoms with Gasteiger partial charge in [-0.1, -0.05) is 42.3 Å². The normalized spacial score (nSPS) is 16.0. The first-order valence-corrected chi connectivity index (χ1v) is 11.6. The molecule has 186 valence electrons. The van der Waals surface area contributed by atoms with Gasteiger partial charge in [-0.25, -0.2) is 14.3 Å². The van der Waals surface area contributed by atoms with Gasteiger partial charge in [-0.2, -0.15) is 13.2 Å². The molecule has 0 spiro atoms. The van der Waals surface area contributed by atoms with Gasteiger partial charge in [-0.15, -0.1) is 0 Å². The molecule has 7 nitrogen and oxygen atoms in total. The van der Waals surface area contributed by atoms with Crippen LogP contribution in [0.2, 0.25) is 10.0 Å². The van der Waals surface area contributed by atoms with Crippen molar-refractivity contribution in [3.8, 4) is 0 Å². The van der Waals surface area contributed by atoms with Crippen LogP contribution in [0.1, 0.15) is 41.5 Å². The number of benzene rings is 2. The molecular weight excluding hydrogens is 508 g/mol. The number of amides is 2. The fourth-order valence-electron chi connectivity index (χ4n) is 3.99. The fraction of sp³-hybridized carbons (Fsp3) is 0.348. The van der Waals surface area contributed by atoms with E-state index in [4.69, 9.17) is 27.9 Å². The van der Waals surface area contributed by atoms with Gasteiger partial charge in [-0.05, 0) is 43.0 Å². The Morgan fingerprint density at radius 2 is 1.91 bits per heavy atom. The van der Waals surface area contributed by atoms with Crippen molar-refractivity contribution < 1.29 is 27.5 Å². The second-order valence-corrected chi connectivity index (χ2v) is 8.78. The SMILES string of the molecule is CCc1ccc2c(nc(C(F)(F)F)n2C(=O)NCC2CCCO2)c1NC(=O)c1c(Cl)cccc1Cl. The zero-order chi connectivity index (χ0) is 25.3. The first-order chi connectivity index (χ1) is 16.6. The number of rotatable bonds is 5. The van der Waals surface area contributed by atoms with Gasteiger partial charge >= 0.3 is 12.2 Å². The third-order valence-corrected chi connectivity index (χ3v) is 6.31. The highest BCUT2D eigenvalue weighted by Gasteiger charge is 2.40. The van der Waals surface area contributed by atoms with E-state index in [0.29, 0.717) is 29.6 Å². The Morgan fingerprint density at radius 1 is 1.20 bits per heavy atom. The van der Waals surface area contributed by atoms with Crippen LogP contribution in [0.15, 0.2) is 30.3 Å². The highest BCUT2D eigenvalue weighted by Crippen LogP contribution is 2.36. The van der Waals surface area contributed by atoms with Crippen LogP contribution in [0.4, 0.5) is 23.7 Å². The van der Waals surface area contributed by atoms with Crippen LogP contribution in [0.3, 0.4) is 0 Å². The minimum absolute atomic E-state index is 0.0281. The van der Waals surface area contributed by atoms with Crippen LogP contribution < -0.4 is 10.6 Å². The summed E-state index contributed by atoms with van der Waals surface area (Å²) in [7, 11) is 0. The highest BCUT2D eigenvalue weighted by atomic mass is 35.5. The van der Waals surface area contributed by atoms with Crippen LogP contribution in [0.5, 0.6) is 0 Å². The first kappa shape index (κ1) is 25.3. The Kier molecular flexibility index (Phi) is 7.25. The summed E-state index contributed by atoms with van der Waals surface area (Å²) in [6.45, 7) is 2.38. The molecular formula is C23H21Cl2F3N4O3. The molecule has 35 heavy (non-hydrogen) atoms. The van der Waals surface area contributed by atoms with E-state index in [9.17, 15) is 22.8 Å². The van der Waals surface area contributed by atoms with E-state index in [-0.39, 0.29) is 45.0 Å². The molecule has 3 aromatic rings. The average molecular weight is 529 g/mol. The molecule has 1 atom stereocenters. The van der Waals surface area contributed by atoms with Gasteiger partial charge in [0, 0.05) is 13.2 Å². The molecule has 1 aliphatic rings. The minimum Gasteiger partial charge on any atom is -0.376 e. The molecule has 1 fully saturated rings. The number of halogens is 5. The number of hydrogen-bond acceptors (Lipinski definition) is 4. The number of fused-ring (bicyclic) bond motifs is 1. The lowest BCUT2D eigenvalue weighted by Gasteiger charge is -2.15. The van der Waals surface area contributed by atoms with Crippen molar-refractivity contribution in [3.63, 3.8) is 0 Å². The number of aryl methyl sites for hydroxylation is 1. The molecule has 12 heteroatoms. The average Bonchev–Trinajstić information content (AvgIpc) is 3.45. The van der Waals surface area contributed by atoms with Gasteiger partial charge in [0.05, 0.1) is 32.9 Å². The summed E-state index contributed by atoms with van der Waals surface area (Å²) in [5.41, 5.74) is 0.245. The Bertz CT molecular complexity index is 1270. The predicted octanol–water partition coefficient (Wildman–Crippen LogP) is 5.91. The van der Waals surface area contributed by atoms with E-state index >= 15 is 0 Å². The molecule has 2 heterocycles. The maximum Gasteiger partial charge on any atom is 0.450 e. The van der Waals surface area contributed by atoms with Crippen molar-refractivity contribution in [2.45, 2.75) is 38.5 Å². The van der Waals surface area contributed by atoms with Crippen LogP contribution in [0.25, 0.3) is 11.0 Å². The number of alkyl halides is 3. The maximum atomic E-state index is 13.9. The van der Waals surface area contributed by atoms with Crippen LogP contribution in [0, 0.1) is 0 Å². The van der Waals surface area contributed by atoms with Crippen LogP contribution in [-0.2, 0) is 17.3 Å². The lowest BCUT2D eigenvalue weighted by molar-refractivity contribution is -0.145. The summed E-state index contributed by atoms with van der Waals surface area (Å²) in [4.78, 5) is 29.6. The quantitative estimate of drug-likeness (QED) is 0.430. The zero-order valence-corrected chi connectivity index (χ0v) is 20.0. The summed E-state index contributed by atoms with van der Waals surface area (Å²) >= 11 is 12.2. The molecule has 2 aromatic carbocycles. The number of hydrogen-bond donors (Lipinski definition) is 2. The third kappa shape index (κ3) is 5.10. The van der Waals surface area contributed by atoms with E-state index in [0.717, 1.165) is 6.42 Å². The lowest BCUT2D eigenvalue weighted by atomic mass is 10.1. The number of nitrogens with one attached hydrogen (secondary N) is 2. The second-order valence-electron chi connectivity index (χ2n) is 7.96. The number of aromatic nitrogens is 2. The molecule has 4 rings (SSSR count). The second kappa shape index (κ2) is 10.0. The summed E-state index contributed by atoms with van der Waals surface area (Å²) in [6.07, 6.45) is -3.29. The lowest BCUT2D eigenvalue weighted by Crippen LogP contribution is -2.36. The molecule has 0 radical (unpaired) electrons. The zero-order valence-electron chi connectivity index (χ0n) is 18.5. The third-order valence-electron chi connectivity index (χ3n) is 5.68. The van der Waals surface area contributed by atoms with Crippen LogP contribution in [-0.4, -0.2) is 40.7 Å². The van der Waals surface area contributed by atoms with Gasteiger partial charge in [0.25, 0.3) is 5.91 Å². The van der Waals surface area contributed by atoms with Crippen molar-refractivity contribution in [1.82, 2.24) is 14.9 Å². The van der Waals surface area contributed by atoms with Gasteiger partial charge in [0.15, 0.2) is 0 Å². The van der Waals surface area contributed by atoms with E-state index in [2.05, 4.69) is 15.6 Å². The van der Waals surface area contributed by atoms with E-state index in [1.54, 1.807) is 13.0 Å². The van der Waals surface area contributed by atoms with Crippen LogP contribution >= 0.6 is 23.2 Å². The Morgan fingerprint density at radius 3 is 2.51 bits per heavy atom. The number of ether oxygens (including phenoxy) is 1. The van der Waals surface area contributed by atoms with Crippen molar-refractivity contribution in [3.05, 3.63) is 57.3 Å². The predicted molar refractivity (Wildman–Crippen MR) is 126 cm³/mol. The smallest absolute Gasteiger partial charge is 0.376 e. The summed E-state index contributed by atoms with van der Waals surface area (Å²) < 4.78 is 47.7. The summed E-state index contributed by atoms with van der Waals surface area (Å²) in [5.74, 6) is -2.12. The topological polar surface area (TPSA) is 85.2 Å². The van der Waals surface area contributed by atoms with E-state index < -0.39 is 23.9 Å². The number of nitrogens with zero attached hydrogens (tertiary/aromatic N) is 2. The minimum atomic E-state index is -4.93. The van der Waals surface area contributed by atoms with Gasteiger partial charge in [-0.3, -0.25) is 4.79 Å². The molecule has 0 aliphatic carbocycles. The molecule has 1 aliphatic heterocycles. The molecule has 1 unspecified atom stereocenters. The molecule has 0 saturated carbocycles. The number of imidazole rings is 1. The van der Waals surface area contributed by atoms with Gasteiger partial charge in [0.2, 0.25) is 5.82 Å². The molecule has 1 saturated heterocycles. The number of anilines is 1. The Balaban J connectivity index is 1.79. The largest absolute Gasteiger partial charge is 0.450 e. The fourth-order valence-corrected chi connectivity index (χ4v) is 4.56. The molecule has 2 N–H and O–H groups in total. The van der Waals surface area contributed by atoms with E-state index in [1.807, 2.05) is 0 Å². The number of carbonyl (C=O) groups is 2. The monoisotopic (exact) mass is 528 g/mol. The highest BCUT2D eigenvalue weighted by molar-refractivity contribution is 6.40. The van der Waals surface area contributed by atoms with Crippen molar-refractivity contribution in [2.75, 3.05) is 18.5 Å². The summed E-state index contributed by atoms with van der Waals surface area (Å²) in [5, 5.41) is 5.26. The molecule has 2 amide bonds. The maximum absolute atomic E-state index is 13.9. The number of carbonyl (C=O) groups excluding carboxylic acids is 2. The summed E-state index contributed by atoms with van der Waals surface area (Å²) in [6, 6.07) is 6.42. The van der Waals surface area contributed by atoms with Gasteiger partial charge < -0.3 is 15.4 Å². The first-order valence-electron chi connectivity index (χ1n) is 10.9. The van der Waals surface area contributed by atoms with Gasteiger partial charge in [0.1, 0.15) is 5.52 Å². The molecule has 1 aromatic heterocycles. The standard InChI is InChI=1S/C23H21Cl2F3N4O3/c1-2-12-8-9-16-19(18(12)30-20(33)17-14(24)6-3-7-15(17)25)31-21(23(26,27)28)32(16)22(34)29-11-13-5-4-10-35-13/h3,6-9,13H,2,4-5,10-11H2,1H3,(H,29,34)(H,30,33). The molecule has 0 bridgehead atoms. The van der Waals surface area contributed by atoms with E-state index in [1.165, 1.54) is 24.3 Å². The van der Waals surface area contributed by atoms with Crippen molar-refractivity contribution >= 4 is 51.9 Å². The Labute approximate surface area is 208 Å². The van der Waals surface area contributed by atoms with Crippen molar-refractivity contribution in [1.29, 1.82) is 0 Å².